The van der Waals surface area contributed by atoms with E-state index < -0.39 is 0 Å². The van der Waals surface area contributed by atoms with Crippen molar-refractivity contribution in [1.82, 2.24) is 20.1 Å². The van der Waals surface area contributed by atoms with E-state index in [-0.39, 0.29) is 16.3 Å². The van der Waals surface area contributed by atoms with Gasteiger partial charge in [-0.25, -0.2) is 0 Å². The zero-order valence-electron chi connectivity index (χ0n) is 9.40. The lowest BCUT2D eigenvalue weighted by atomic mass is 10.1. The molecule has 0 aliphatic carbocycles. The molecule has 1 aromatic heterocycles. The fourth-order valence-electron chi connectivity index (χ4n) is 1.83. The highest BCUT2D eigenvalue weighted by molar-refractivity contribution is 6.31. The molecule has 2 rings (SSSR count). The molecule has 1 aliphatic rings. The lowest BCUT2D eigenvalue weighted by Crippen LogP contribution is -2.33. The maximum Gasteiger partial charge on any atom is 0.256 e. The van der Waals surface area contributed by atoms with Crippen molar-refractivity contribution in [2.24, 2.45) is 0 Å². The number of ether oxygens (including phenoxy) is 1. The minimum absolute atomic E-state index is 0.0439. The second kappa shape index (κ2) is 6.33. The molecule has 0 amide bonds. The molecule has 0 spiro atoms. The monoisotopic (exact) mass is 276 g/mol. The Balaban J connectivity index is 1.79. The molecule has 5 nitrogen and oxygen atoms in total. The van der Waals surface area contributed by atoms with Crippen molar-refractivity contribution in [2.45, 2.75) is 19.3 Å². The zero-order chi connectivity index (χ0) is 12.1. The molecule has 0 saturated carbocycles. The largest absolute Gasteiger partial charge is 0.474 e. The van der Waals surface area contributed by atoms with E-state index in [1.54, 1.807) is 0 Å². The van der Waals surface area contributed by atoms with Gasteiger partial charge in [-0.05, 0) is 37.5 Å². The van der Waals surface area contributed by atoms with Crippen LogP contribution in [-0.4, -0.2) is 46.3 Å². The van der Waals surface area contributed by atoms with Crippen LogP contribution in [0, 0.1) is 0 Å². The van der Waals surface area contributed by atoms with E-state index in [0.717, 1.165) is 19.6 Å². The zero-order valence-corrected chi connectivity index (χ0v) is 10.9. The molecule has 0 aromatic carbocycles. The number of piperidine rings is 1. The summed E-state index contributed by atoms with van der Waals surface area (Å²) in [5, 5.41) is 7.34. The van der Waals surface area contributed by atoms with Crippen molar-refractivity contribution < 1.29 is 4.74 Å². The molecular formula is C10H14Cl2N4O. The van der Waals surface area contributed by atoms with Crippen LogP contribution in [0.5, 0.6) is 5.88 Å². The standard InChI is InChI=1S/C10H14Cl2N4O/c11-8-9(13-10(12)15-14-8)17-7-6-16-4-2-1-3-5-16/h1-7H2. The van der Waals surface area contributed by atoms with Crippen LogP contribution in [0.4, 0.5) is 0 Å². The van der Waals surface area contributed by atoms with Crippen LogP contribution in [0.15, 0.2) is 0 Å². The Morgan fingerprint density at radius 3 is 2.65 bits per heavy atom. The van der Waals surface area contributed by atoms with E-state index in [1.807, 2.05) is 0 Å². The van der Waals surface area contributed by atoms with Crippen LogP contribution < -0.4 is 4.74 Å². The molecule has 1 aliphatic heterocycles. The van der Waals surface area contributed by atoms with Crippen molar-refractivity contribution in [3.05, 3.63) is 10.4 Å². The van der Waals surface area contributed by atoms with E-state index in [0.29, 0.717) is 6.61 Å². The highest BCUT2D eigenvalue weighted by atomic mass is 35.5. The van der Waals surface area contributed by atoms with Crippen molar-refractivity contribution in [2.75, 3.05) is 26.2 Å². The minimum Gasteiger partial charge on any atom is -0.474 e. The van der Waals surface area contributed by atoms with Crippen LogP contribution in [0.3, 0.4) is 0 Å². The SMILES string of the molecule is Clc1nnc(Cl)c(OCCN2CCCCC2)n1. The molecule has 1 saturated heterocycles. The van der Waals surface area contributed by atoms with Crippen molar-refractivity contribution in [1.29, 1.82) is 0 Å². The lowest BCUT2D eigenvalue weighted by Gasteiger charge is -2.25. The maximum absolute atomic E-state index is 5.78. The van der Waals surface area contributed by atoms with Crippen LogP contribution >= 0.6 is 23.2 Å². The molecule has 0 N–H and O–H groups in total. The number of rotatable bonds is 4. The van der Waals surface area contributed by atoms with E-state index in [4.69, 9.17) is 27.9 Å². The van der Waals surface area contributed by atoms with E-state index in [2.05, 4.69) is 20.1 Å². The molecule has 1 fully saturated rings. The van der Waals surface area contributed by atoms with Gasteiger partial charge in [-0.2, -0.15) is 4.98 Å². The number of aromatic nitrogens is 3. The van der Waals surface area contributed by atoms with Gasteiger partial charge in [-0.1, -0.05) is 18.0 Å². The summed E-state index contributed by atoms with van der Waals surface area (Å²) in [5.41, 5.74) is 0. The summed E-state index contributed by atoms with van der Waals surface area (Å²) in [6.07, 6.45) is 3.86. The Morgan fingerprint density at radius 2 is 1.88 bits per heavy atom. The molecule has 2 heterocycles. The minimum atomic E-state index is 0.0439. The van der Waals surface area contributed by atoms with Gasteiger partial charge in [0.2, 0.25) is 10.4 Å². The number of hydrogen-bond donors (Lipinski definition) is 0. The van der Waals surface area contributed by atoms with Gasteiger partial charge in [0.25, 0.3) is 5.88 Å². The molecule has 0 bridgehead atoms. The Morgan fingerprint density at radius 1 is 1.12 bits per heavy atom. The molecular weight excluding hydrogens is 263 g/mol. The first kappa shape index (κ1) is 12.8. The Labute approximate surface area is 110 Å². The van der Waals surface area contributed by atoms with Crippen LogP contribution in [0.25, 0.3) is 0 Å². The molecule has 0 atom stereocenters. The van der Waals surface area contributed by atoms with E-state index in [1.165, 1.54) is 19.3 Å². The molecule has 7 heteroatoms. The van der Waals surface area contributed by atoms with E-state index in [9.17, 15) is 0 Å². The summed E-state index contributed by atoms with van der Waals surface area (Å²) in [4.78, 5) is 6.24. The van der Waals surface area contributed by atoms with Gasteiger partial charge in [-0.3, -0.25) is 4.90 Å². The smallest absolute Gasteiger partial charge is 0.256 e. The summed E-state index contributed by atoms with van der Waals surface area (Å²) in [6.45, 7) is 3.69. The fourth-order valence-corrected chi connectivity index (χ4v) is 2.08. The average molecular weight is 277 g/mol. The molecule has 1 aromatic rings. The summed E-state index contributed by atoms with van der Waals surface area (Å²) in [7, 11) is 0. The fraction of sp³-hybridized carbons (Fsp3) is 0.700. The Kier molecular flexibility index (Phi) is 4.76. The Bertz CT molecular complexity index is 371. The van der Waals surface area contributed by atoms with E-state index >= 15 is 0 Å². The number of hydrogen-bond acceptors (Lipinski definition) is 5. The molecule has 0 radical (unpaired) electrons. The number of likely N-dealkylation sites (tertiary alicyclic amines) is 1. The van der Waals surface area contributed by atoms with Gasteiger partial charge in [0.15, 0.2) is 0 Å². The third kappa shape index (κ3) is 3.94. The van der Waals surface area contributed by atoms with Crippen molar-refractivity contribution in [3.63, 3.8) is 0 Å². The topological polar surface area (TPSA) is 51.1 Å². The third-order valence-electron chi connectivity index (χ3n) is 2.69. The quantitative estimate of drug-likeness (QED) is 0.843. The van der Waals surface area contributed by atoms with Gasteiger partial charge in [-0.15, -0.1) is 10.2 Å². The molecule has 0 unspecified atom stereocenters. The predicted molar refractivity (Wildman–Crippen MR) is 65.6 cm³/mol. The van der Waals surface area contributed by atoms with Crippen LogP contribution in [-0.2, 0) is 0 Å². The summed E-state index contributed by atoms with van der Waals surface area (Å²) in [5.74, 6) is 0.253. The first-order valence-electron chi connectivity index (χ1n) is 5.66. The summed E-state index contributed by atoms with van der Waals surface area (Å²) < 4.78 is 5.45. The van der Waals surface area contributed by atoms with Crippen LogP contribution in [0.1, 0.15) is 19.3 Å². The second-order valence-electron chi connectivity index (χ2n) is 3.93. The summed E-state index contributed by atoms with van der Waals surface area (Å²) >= 11 is 11.4. The number of halogens is 2. The summed E-state index contributed by atoms with van der Waals surface area (Å²) in [6, 6.07) is 0. The van der Waals surface area contributed by atoms with Gasteiger partial charge in [0, 0.05) is 6.54 Å². The van der Waals surface area contributed by atoms with Crippen molar-refractivity contribution >= 4 is 23.2 Å². The van der Waals surface area contributed by atoms with Crippen LogP contribution in [0.2, 0.25) is 10.4 Å². The molecule has 17 heavy (non-hydrogen) atoms. The molecule has 94 valence electrons. The van der Waals surface area contributed by atoms with Crippen molar-refractivity contribution in [3.8, 4) is 5.88 Å². The van der Waals surface area contributed by atoms with Gasteiger partial charge in [0.05, 0.1) is 0 Å². The normalized spacial score (nSPS) is 17.1. The second-order valence-corrected chi connectivity index (χ2v) is 4.62. The third-order valence-corrected chi connectivity index (χ3v) is 3.08. The average Bonchev–Trinajstić information content (AvgIpc) is 2.35. The first-order valence-corrected chi connectivity index (χ1v) is 6.42. The maximum atomic E-state index is 5.78. The Hall–Kier alpha value is -0.650. The highest BCUT2D eigenvalue weighted by Gasteiger charge is 2.11. The van der Waals surface area contributed by atoms with Gasteiger partial charge in [0.1, 0.15) is 6.61 Å². The number of nitrogens with zero attached hydrogens (tertiary/aromatic N) is 4. The van der Waals surface area contributed by atoms with Gasteiger partial charge >= 0.3 is 0 Å². The first-order chi connectivity index (χ1) is 8.25. The lowest BCUT2D eigenvalue weighted by molar-refractivity contribution is 0.180. The highest BCUT2D eigenvalue weighted by Crippen LogP contribution is 2.19. The van der Waals surface area contributed by atoms with Gasteiger partial charge < -0.3 is 4.74 Å². The predicted octanol–water partition coefficient (Wildman–Crippen LogP) is 2.04.